The average Bonchev–Trinajstić information content (AvgIpc) is 3.27. The highest BCUT2D eigenvalue weighted by molar-refractivity contribution is 7.99. The van der Waals surface area contributed by atoms with Gasteiger partial charge in [-0.3, -0.25) is 9.59 Å². The zero-order valence-corrected chi connectivity index (χ0v) is 18.2. The third kappa shape index (κ3) is 5.82. The Labute approximate surface area is 180 Å². The van der Waals surface area contributed by atoms with Gasteiger partial charge < -0.3 is 19.8 Å². The van der Waals surface area contributed by atoms with Crippen LogP contribution in [0.15, 0.2) is 33.9 Å². The van der Waals surface area contributed by atoms with Crippen molar-refractivity contribution >= 4 is 23.5 Å². The van der Waals surface area contributed by atoms with Crippen LogP contribution in [0.2, 0.25) is 0 Å². The van der Waals surface area contributed by atoms with E-state index in [-0.39, 0.29) is 17.7 Å². The van der Waals surface area contributed by atoms with Crippen molar-refractivity contribution in [1.82, 2.24) is 20.8 Å². The van der Waals surface area contributed by atoms with Crippen molar-refractivity contribution in [1.29, 1.82) is 0 Å². The Morgan fingerprint density at radius 3 is 2.60 bits per heavy atom. The zero-order valence-electron chi connectivity index (χ0n) is 17.3. The van der Waals surface area contributed by atoms with Gasteiger partial charge in [0.2, 0.25) is 11.7 Å². The summed E-state index contributed by atoms with van der Waals surface area (Å²) in [6, 6.07) is 6.16. The lowest BCUT2D eigenvalue weighted by atomic mass is 9.88. The second-order valence-corrected chi connectivity index (χ2v) is 8.29. The molecule has 1 aromatic heterocycles. The lowest BCUT2D eigenvalue weighted by Gasteiger charge is -2.24. The largest absolute Gasteiger partial charge is 0.497 e. The molecule has 3 rings (SSSR count). The van der Waals surface area contributed by atoms with Gasteiger partial charge in [0.15, 0.2) is 0 Å². The number of hydrogen-bond donors (Lipinski definition) is 2. The van der Waals surface area contributed by atoms with Crippen LogP contribution in [0, 0.1) is 5.92 Å². The van der Waals surface area contributed by atoms with E-state index >= 15 is 0 Å². The maximum Gasteiger partial charge on any atom is 0.287 e. The van der Waals surface area contributed by atoms with Crippen LogP contribution in [0.1, 0.15) is 54.4 Å². The molecular weight excluding hydrogens is 404 g/mol. The van der Waals surface area contributed by atoms with Gasteiger partial charge in [-0.15, -0.1) is 10.2 Å². The van der Waals surface area contributed by atoms with Crippen molar-refractivity contribution in [3.05, 3.63) is 35.7 Å². The molecule has 30 heavy (non-hydrogen) atoms. The Bertz CT molecular complexity index is 834. The Morgan fingerprint density at radius 2 is 1.93 bits per heavy atom. The number of rotatable bonds is 10. The molecule has 1 aromatic carbocycles. The summed E-state index contributed by atoms with van der Waals surface area (Å²) in [7, 11) is 3.44. The van der Waals surface area contributed by atoms with Crippen molar-refractivity contribution < 1.29 is 18.7 Å². The number of benzene rings is 1. The van der Waals surface area contributed by atoms with E-state index in [2.05, 4.69) is 20.8 Å². The summed E-state index contributed by atoms with van der Waals surface area (Å²) in [5.74, 6) is 0.718. The van der Waals surface area contributed by atoms with Gasteiger partial charge in [-0.25, -0.2) is 0 Å². The average molecular weight is 433 g/mol. The number of Topliss-reactive ketones (excluding diaryl/α,β-unsaturated/α-hetero) is 1. The van der Waals surface area contributed by atoms with Crippen molar-refractivity contribution in [2.24, 2.45) is 5.92 Å². The minimum Gasteiger partial charge on any atom is -0.497 e. The zero-order chi connectivity index (χ0) is 21.3. The number of ether oxygens (including phenoxy) is 1. The molecule has 1 atom stereocenters. The van der Waals surface area contributed by atoms with E-state index in [1.54, 1.807) is 31.4 Å². The maximum atomic E-state index is 13.2. The minimum absolute atomic E-state index is 0.0670. The molecule has 1 unspecified atom stereocenters. The van der Waals surface area contributed by atoms with Crippen LogP contribution in [0.3, 0.4) is 0 Å². The molecule has 0 bridgehead atoms. The number of carbonyl (C=O) groups excluding carboxylic acids is 2. The highest BCUT2D eigenvalue weighted by Crippen LogP contribution is 2.27. The minimum atomic E-state index is -0.888. The molecule has 1 fully saturated rings. The van der Waals surface area contributed by atoms with Crippen molar-refractivity contribution in [3.63, 3.8) is 0 Å². The lowest BCUT2D eigenvalue weighted by molar-refractivity contribution is -0.126. The van der Waals surface area contributed by atoms with Crippen LogP contribution >= 0.6 is 11.8 Å². The molecule has 0 saturated heterocycles. The van der Waals surface area contributed by atoms with E-state index < -0.39 is 11.8 Å². The van der Waals surface area contributed by atoms with E-state index in [0.29, 0.717) is 16.5 Å². The Hall–Kier alpha value is -2.39. The van der Waals surface area contributed by atoms with Gasteiger partial charge in [-0.2, -0.15) is 0 Å². The quantitative estimate of drug-likeness (QED) is 0.335. The summed E-state index contributed by atoms with van der Waals surface area (Å²) in [5, 5.41) is 14.2. The molecule has 0 spiro atoms. The van der Waals surface area contributed by atoms with Crippen LogP contribution in [0.5, 0.6) is 5.75 Å². The number of amides is 1. The highest BCUT2D eigenvalue weighted by Gasteiger charge is 2.31. The second kappa shape index (κ2) is 11.1. The third-order valence-corrected chi connectivity index (χ3v) is 5.99. The van der Waals surface area contributed by atoms with Gasteiger partial charge in [-0.05, 0) is 37.6 Å². The van der Waals surface area contributed by atoms with E-state index in [9.17, 15) is 9.59 Å². The predicted molar refractivity (Wildman–Crippen MR) is 114 cm³/mol. The standard InChI is InChI=1S/C21H28N4O4S/c1-22-12-13-30-21-25-24-20(29-21)18(26)17(14-8-10-16(28-2)11-9-14)23-19(27)15-6-4-3-5-7-15/h8-11,15,17,22H,3-7,12-13H2,1-2H3,(H,23,27). The molecule has 0 aliphatic heterocycles. The topological polar surface area (TPSA) is 106 Å². The Balaban J connectivity index is 1.78. The number of ketones is 1. The molecule has 8 nitrogen and oxygen atoms in total. The number of nitrogens with one attached hydrogen (secondary N) is 2. The van der Waals surface area contributed by atoms with Gasteiger partial charge in [0.1, 0.15) is 11.8 Å². The van der Waals surface area contributed by atoms with Gasteiger partial charge in [0, 0.05) is 18.2 Å². The van der Waals surface area contributed by atoms with E-state index in [0.717, 1.165) is 44.4 Å². The smallest absolute Gasteiger partial charge is 0.287 e. The SMILES string of the molecule is CNCCSc1nnc(C(=O)C(NC(=O)C2CCCCC2)c2ccc(OC)cc2)o1. The summed E-state index contributed by atoms with van der Waals surface area (Å²) in [4.78, 5) is 26.1. The lowest BCUT2D eigenvalue weighted by Crippen LogP contribution is -2.38. The molecule has 2 aromatic rings. The molecule has 1 heterocycles. The van der Waals surface area contributed by atoms with Gasteiger partial charge >= 0.3 is 0 Å². The number of hydrogen-bond acceptors (Lipinski definition) is 8. The molecule has 162 valence electrons. The van der Waals surface area contributed by atoms with Crippen LogP contribution in [-0.2, 0) is 4.79 Å². The number of nitrogens with zero attached hydrogens (tertiary/aromatic N) is 2. The number of carbonyl (C=O) groups is 2. The van der Waals surface area contributed by atoms with E-state index in [4.69, 9.17) is 9.15 Å². The molecule has 1 amide bonds. The predicted octanol–water partition coefficient (Wildman–Crippen LogP) is 3.01. The number of aromatic nitrogens is 2. The van der Waals surface area contributed by atoms with Gasteiger partial charge in [-0.1, -0.05) is 43.2 Å². The molecule has 1 aliphatic rings. The molecule has 9 heteroatoms. The number of methoxy groups -OCH3 is 1. The fourth-order valence-corrected chi connectivity index (χ4v) is 4.17. The molecule has 2 N–H and O–H groups in total. The number of thioether (sulfide) groups is 1. The van der Waals surface area contributed by atoms with Crippen LogP contribution in [-0.4, -0.2) is 48.3 Å². The molecule has 1 saturated carbocycles. The van der Waals surface area contributed by atoms with Crippen molar-refractivity contribution in [3.8, 4) is 5.75 Å². The van der Waals surface area contributed by atoms with Gasteiger partial charge in [0.05, 0.1) is 7.11 Å². The van der Waals surface area contributed by atoms with Crippen LogP contribution in [0.4, 0.5) is 0 Å². The normalized spacial score (nSPS) is 15.5. The summed E-state index contributed by atoms with van der Waals surface area (Å²) >= 11 is 1.37. The maximum absolute atomic E-state index is 13.2. The molecule has 0 radical (unpaired) electrons. The van der Waals surface area contributed by atoms with E-state index in [1.807, 2.05) is 7.05 Å². The highest BCUT2D eigenvalue weighted by atomic mass is 32.2. The van der Waals surface area contributed by atoms with Crippen molar-refractivity contribution in [2.45, 2.75) is 43.4 Å². The first-order chi connectivity index (χ1) is 14.6. The fraction of sp³-hybridized carbons (Fsp3) is 0.524. The summed E-state index contributed by atoms with van der Waals surface area (Å²) in [5.41, 5.74) is 0.646. The molecular formula is C21H28N4O4S. The monoisotopic (exact) mass is 432 g/mol. The van der Waals surface area contributed by atoms with Crippen LogP contribution < -0.4 is 15.4 Å². The first kappa shape index (κ1) is 22.3. The fourth-order valence-electron chi connectivity index (χ4n) is 3.45. The van der Waals surface area contributed by atoms with Crippen LogP contribution in [0.25, 0.3) is 0 Å². The van der Waals surface area contributed by atoms with Gasteiger partial charge in [0.25, 0.3) is 11.1 Å². The first-order valence-corrected chi connectivity index (χ1v) is 11.2. The van der Waals surface area contributed by atoms with Crippen molar-refractivity contribution in [2.75, 3.05) is 26.5 Å². The molecule has 1 aliphatic carbocycles. The second-order valence-electron chi connectivity index (χ2n) is 7.24. The first-order valence-electron chi connectivity index (χ1n) is 10.2. The summed E-state index contributed by atoms with van der Waals surface area (Å²) < 4.78 is 10.8. The third-order valence-electron chi connectivity index (χ3n) is 5.17. The summed E-state index contributed by atoms with van der Waals surface area (Å²) in [6.07, 6.45) is 4.93. The Morgan fingerprint density at radius 1 is 1.20 bits per heavy atom. The van der Waals surface area contributed by atoms with E-state index in [1.165, 1.54) is 11.8 Å². The Kier molecular flexibility index (Phi) is 8.27. The summed E-state index contributed by atoms with van der Waals surface area (Å²) in [6.45, 7) is 0.780.